The van der Waals surface area contributed by atoms with E-state index in [1.54, 1.807) is 24.3 Å². The number of rotatable bonds is 4. The van der Waals surface area contributed by atoms with Crippen LogP contribution < -0.4 is 10.5 Å². The molecule has 2 rings (SSSR count). The van der Waals surface area contributed by atoms with Crippen molar-refractivity contribution >= 4 is 21.6 Å². The Hall–Kier alpha value is -2.34. The van der Waals surface area contributed by atoms with E-state index in [4.69, 9.17) is 5.73 Å². The molecular formula is C14H14N2O3S. The number of sulfonamides is 1. The van der Waals surface area contributed by atoms with E-state index in [1.807, 2.05) is 6.92 Å². The van der Waals surface area contributed by atoms with Gasteiger partial charge in [0.2, 0.25) is 5.91 Å². The van der Waals surface area contributed by atoms with Gasteiger partial charge in [-0.25, -0.2) is 8.42 Å². The van der Waals surface area contributed by atoms with Gasteiger partial charge < -0.3 is 5.73 Å². The molecule has 0 atom stereocenters. The molecule has 104 valence electrons. The molecule has 0 saturated heterocycles. The second-order valence-electron chi connectivity index (χ2n) is 4.36. The Morgan fingerprint density at radius 3 is 2.35 bits per heavy atom. The summed E-state index contributed by atoms with van der Waals surface area (Å²) in [5, 5.41) is 0. The maximum atomic E-state index is 12.2. The van der Waals surface area contributed by atoms with Gasteiger partial charge in [-0.3, -0.25) is 9.52 Å². The average Bonchev–Trinajstić information content (AvgIpc) is 2.39. The molecule has 0 fully saturated rings. The number of carbonyl (C=O) groups excluding carboxylic acids is 1. The van der Waals surface area contributed by atoms with Crippen LogP contribution in [0.4, 0.5) is 5.69 Å². The predicted octanol–water partition coefficient (Wildman–Crippen LogP) is 1.89. The van der Waals surface area contributed by atoms with Gasteiger partial charge in [0.05, 0.1) is 4.90 Å². The number of carbonyl (C=O) groups is 1. The summed E-state index contributed by atoms with van der Waals surface area (Å²) in [6, 6.07) is 12.5. The molecule has 0 aliphatic carbocycles. The molecule has 0 aliphatic rings. The van der Waals surface area contributed by atoms with Crippen molar-refractivity contribution in [1.29, 1.82) is 0 Å². The molecular weight excluding hydrogens is 276 g/mol. The van der Waals surface area contributed by atoms with Crippen LogP contribution in [0.25, 0.3) is 0 Å². The number of aryl methyl sites for hydroxylation is 1. The molecule has 5 nitrogen and oxygen atoms in total. The Morgan fingerprint density at radius 2 is 1.75 bits per heavy atom. The highest BCUT2D eigenvalue weighted by atomic mass is 32.2. The number of nitrogens with two attached hydrogens (primary N) is 1. The molecule has 0 aliphatic heterocycles. The molecule has 0 bridgehead atoms. The van der Waals surface area contributed by atoms with Crippen LogP contribution in [0.5, 0.6) is 0 Å². The molecule has 1 amide bonds. The third-order valence-corrected chi connectivity index (χ3v) is 4.13. The van der Waals surface area contributed by atoms with Crippen molar-refractivity contribution in [1.82, 2.24) is 0 Å². The summed E-state index contributed by atoms with van der Waals surface area (Å²) < 4.78 is 26.7. The number of amides is 1. The lowest BCUT2D eigenvalue weighted by molar-refractivity contribution is 0.100. The smallest absolute Gasteiger partial charge is 0.261 e. The maximum absolute atomic E-state index is 12.2. The van der Waals surface area contributed by atoms with Crippen LogP contribution in [0.1, 0.15) is 15.9 Å². The molecule has 2 aromatic carbocycles. The summed E-state index contributed by atoms with van der Waals surface area (Å²) in [5.41, 5.74) is 6.67. The molecule has 2 aromatic rings. The number of benzene rings is 2. The Morgan fingerprint density at radius 1 is 1.10 bits per heavy atom. The van der Waals surface area contributed by atoms with Gasteiger partial charge in [-0.05, 0) is 37.3 Å². The van der Waals surface area contributed by atoms with Crippen molar-refractivity contribution in [2.75, 3.05) is 4.72 Å². The van der Waals surface area contributed by atoms with E-state index in [-0.39, 0.29) is 10.5 Å². The Bertz CT molecular complexity index is 737. The van der Waals surface area contributed by atoms with E-state index in [9.17, 15) is 13.2 Å². The summed E-state index contributed by atoms with van der Waals surface area (Å²) in [7, 11) is -3.67. The van der Waals surface area contributed by atoms with Crippen LogP contribution in [-0.2, 0) is 10.0 Å². The van der Waals surface area contributed by atoms with E-state index in [0.717, 1.165) is 5.56 Å². The fourth-order valence-electron chi connectivity index (χ4n) is 1.67. The molecule has 0 unspecified atom stereocenters. The third-order valence-electron chi connectivity index (χ3n) is 2.73. The van der Waals surface area contributed by atoms with Gasteiger partial charge in [-0.15, -0.1) is 0 Å². The van der Waals surface area contributed by atoms with E-state index >= 15 is 0 Å². The predicted molar refractivity (Wildman–Crippen MR) is 76.9 cm³/mol. The first-order valence-corrected chi connectivity index (χ1v) is 7.36. The largest absolute Gasteiger partial charge is 0.366 e. The molecule has 0 radical (unpaired) electrons. The molecule has 20 heavy (non-hydrogen) atoms. The average molecular weight is 290 g/mol. The van der Waals surface area contributed by atoms with Crippen molar-refractivity contribution in [2.45, 2.75) is 11.8 Å². The zero-order chi connectivity index (χ0) is 14.8. The van der Waals surface area contributed by atoms with Gasteiger partial charge in [0, 0.05) is 11.3 Å². The Kier molecular flexibility index (Phi) is 3.76. The van der Waals surface area contributed by atoms with E-state index in [1.165, 1.54) is 24.3 Å². The lowest BCUT2D eigenvalue weighted by Crippen LogP contribution is -2.15. The number of nitrogens with one attached hydrogen (secondary N) is 1. The topological polar surface area (TPSA) is 89.3 Å². The summed E-state index contributed by atoms with van der Waals surface area (Å²) in [6.45, 7) is 1.88. The fourth-order valence-corrected chi connectivity index (χ4v) is 2.72. The van der Waals surface area contributed by atoms with E-state index in [2.05, 4.69) is 4.72 Å². The van der Waals surface area contributed by atoms with Crippen LogP contribution >= 0.6 is 0 Å². The SMILES string of the molecule is Cc1ccc(S(=O)(=O)Nc2cccc(C(N)=O)c2)cc1. The highest BCUT2D eigenvalue weighted by molar-refractivity contribution is 7.92. The minimum Gasteiger partial charge on any atom is -0.366 e. The highest BCUT2D eigenvalue weighted by Gasteiger charge is 2.14. The number of hydrogen-bond acceptors (Lipinski definition) is 3. The minimum atomic E-state index is -3.67. The van der Waals surface area contributed by atoms with Crippen molar-refractivity contribution in [3.05, 3.63) is 59.7 Å². The minimum absolute atomic E-state index is 0.160. The number of hydrogen-bond donors (Lipinski definition) is 2. The summed E-state index contributed by atoms with van der Waals surface area (Å²) in [6.07, 6.45) is 0. The lowest BCUT2D eigenvalue weighted by Gasteiger charge is -2.09. The van der Waals surface area contributed by atoms with E-state index < -0.39 is 15.9 Å². The maximum Gasteiger partial charge on any atom is 0.261 e. The monoisotopic (exact) mass is 290 g/mol. The van der Waals surface area contributed by atoms with Crippen LogP contribution in [0.15, 0.2) is 53.4 Å². The van der Waals surface area contributed by atoms with Gasteiger partial charge in [-0.2, -0.15) is 0 Å². The second kappa shape index (κ2) is 5.34. The Labute approximate surface area is 117 Å². The quantitative estimate of drug-likeness (QED) is 0.901. The van der Waals surface area contributed by atoms with Gasteiger partial charge >= 0.3 is 0 Å². The molecule has 0 heterocycles. The Balaban J connectivity index is 2.31. The zero-order valence-electron chi connectivity index (χ0n) is 10.8. The fraction of sp³-hybridized carbons (Fsp3) is 0.0714. The zero-order valence-corrected chi connectivity index (χ0v) is 11.6. The first-order chi connectivity index (χ1) is 9.38. The third kappa shape index (κ3) is 3.16. The van der Waals surface area contributed by atoms with Crippen LogP contribution in [-0.4, -0.2) is 14.3 Å². The molecule has 6 heteroatoms. The number of anilines is 1. The first kappa shape index (κ1) is 14.1. The van der Waals surface area contributed by atoms with Gasteiger partial charge in [-0.1, -0.05) is 23.8 Å². The molecule has 0 aromatic heterocycles. The summed E-state index contributed by atoms with van der Waals surface area (Å²) >= 11 is 0. The van der Waals surface area contributed by atoms with Gasteiger partial charge in [0.15, 0.2) is 0 Å². The van der Waals surface area contributed by atoms with Crippen molar-refractivity contribution in [2.24, 2.45) is 5.73 Å². The molecule has 0 spiro atoms. The van der Waals surface area contributed by atoms with Crippen molar-refractivity contribution < 1.29 is 13.2 Å². The highest BCUT2D eigenvalue weighted by Crippen LogP contribution is 2.17. The van der Waals surface area contributed by atoms with Crippen LogP contribution in [0.2, 0.25) is 0 Å². The van der Waals surface area contributed by atoms with Gasteiger partial charge in [0.1, 0.15) is 0 Å². The molecule has 0 saturated carbocycles. The first-order valence-electron chi connectivity index (χ1n) is 5.88. The lowest BCUT2D eigenvalue weighted by atomic mass is 10.2. The summed E-state index contributed by atoms with van der Waals surface area (Å²) in [4.78, 5) is 11.2. The van der Waals surface area contributed by atoms with Crippen molar-refractivity contribution in [3.8, 4) is 0 Å². The van der Waals surface area contributed by atoms with Crippen LogP contribution in [0, 0.1) is 6.92 Å². The van der Waals surface area contributed by atoms with Crippen molar-refractivity contribution in [3.63, 3.8) is 0 Å². The second-order valence-corrected chi connectivity index (χ2v) is 6.05. The van der Waals surface area contributed by atoms with E-state index in [0.29, 0.717) is 5.69 Å². The normalized spacial score (nSPS) is 11.1. The summed E-state index contributed by atoms with van der Waals surface area (Å²) in [5.74, 6) is -0.610. The standard InChI is InChI=1S/C14H14N2O3S/c1-10-5-7-13(8-6-10)20(18,19)16-12-4-2-3-11(9-12)14(15)17/h2-9,16H,1H3,(H2,15,17). The number of primary amides is 1. The molecule has 3 N–H and O–H groups in total. The van der Waals surface area contributed by atoms with Gasteiger partial charge in [0.25, 0.3) is 10.0 Å². The van der Waals surface area contributed by atoms with Crippen LogP contribution in [0.3, 0.4) is 0 Å².